The van der Waals surface area contributed by atoms with Crippen LogP contribution in [0.1, 0.15) is 31.1 Å². The van der Waals surface area contributed by atoms with E-state index in [0.29, 0.717) is 0 Å². The summed E-state index contributed by atoms with van der Waals surface area (Å²) in [5, 5.41) is 12.0. The van der Waals surface area contributed by atoms with Crippen LogP contribution < -0.4 is 15.8 Å². The van der Waals surface area contributed by atoms with E-state index in [2.05, 4.69) is 10.1 Å². The van der Waals surface area contributed by atoms with Gasteiger partial charge in [0.25, 0.3) is 0 Å². The van der Waals surface area contributed by atoms with Crippen LogP contribution >= 0.6 is 0 Å². The lowest BCUT2D eigenvalue weighted by Crippen LogP contribution is -2.63. The highest BCUT2D eigenvalue weighted by molar-refractivity contribution is 5.89. The van der Waals surface area contributed by atoms with Crippen molar-refractivity contribution in [2.75, 3.05) is 13.7 Å². The fourth-order valence-corrected chi connectivity index (χ4v) is 3.50. The number of nitrogens with two attached hydrogens (primary N) is 1. The van der Waals surface area contributed by atoms with Crippen molar-refractivity contribution in [3.8, 4) is 5.75 Å². The van der Waals surface area contributed by atoms with E-state index in [1.165, 1.54) is 38.3 Å². The molecule has 0 aliphatic carbocycles. The molecule has 4 N–H and O–H groups in total. The van der Waals surface area contributed by atoms with Crippen molar-refractivity contribution in [3.05, 3.63) is 41.7 Å². The van der Waals surface area contributed by atoms with Crippen molar-refractivity contribution in [1.82, 2.24) is 5.32 Å². The lowest BCUT2D eigenvalue weighted by molar-refractivity contribution is -0.183. The first kappa shape index (κ1) is 28.1. The van der Waals surface area contributed by atoms with Crippen LogP contribution in [-0.2, 0) is 38.1 Å². The molecule has 0 bridgehead atoms. The Labute approximate surface area is 206 Å². The molecular weight excluding hydrogens is 480 g/mol. The Morgan fingerprint density at radius 1 is 1.06 bits per heavy atom. The highest BCUT2D eigenvalue weighted by atomic mass is 16.6. The monoisotopic (exact) mass is 508 g/mol. The van der Waals surface area contributed by atoms with Crippen LogP contribution in [0.5, 0.6) is 5.75 Å². The second kappa shape index (κ2) is 12.5. The second-order valence-electron chi connectivity index (χ2n) is 7.77. The van der Waals surface area contributed by atoms with Crippen LogP contribution in [-0.4, -0.2) is 79.0 Å². The van der Waals surface area contributed by atoms with E-state index >= 15 is 0 Å². The fourth-order valence-electron chi connectivity index (χ4n) is 3.50. The van der Waals surface area contributed by atoms with Gasteiger partial charge in [0.15, 0.2) is 18.3 Å². The Balaban J connectivity index is 2.39. The molecule has 0 unspecified atom stereocenters. The molecule has 1 aliphatic rings. The molecule has 1 amide bonds. The Morgan fingerprint density at radius 3 is 2.17 bits per heavy atom. The maximum Gasteiger partial charge on any atom is 0.370 e. The van der Waals surface area contributed by atoms with Crippen LogP contribution in [0.15, 0.2) is 36.1 Å². The molecule has 0 fully saturated rings. The van der Waals surface area contributed by atoms with Crippen LogP contribution in [0.25, 0.3) is 0 Å². The predicted molar refractivity (Wildman–Crippen MR) is 121 cm³/mol. The highest BCUT2D eigenvalue weighted by Crippen LogP contribution is 2.26. The van der Waals surface area contributed by atoms with Crippen molar-refractivity contribution < 1.29 is 52.8 Å². The number of carboxylic acid groups (broad SMARTS) is 1. The molecule has 2 rings (SSSR count). The molecule has 0 spiro atoms. The summed E-state index contributed by atoms with van der Waals surface area (Å²) in [4.78, 5) is 58.9. The summed E-state index contributed by atoms with van der Waals surface area (Å²) >= 11 is 0. The molecule has 0 saturated heterocycles. The molecule has 13 nitrogen and oxygen atoms in total. The number of aliphatic carboxylic acids is 1. The number of ether oxygens (including phenoxy) is 5. The number of nitrogens with one attached hydrogen (secondary N) is 1. The first-order chi connectivity index (χ1) is 16.9. The molecule has 1 aromatic carbocycles. The van der Waals surface area contributed by atoms with Crippen LogP contribution in [0.3, 0.4) is 0 Å². The minimum atomic E-state index is -1.44. The first-order valence-electron chi connectivity index (χ1n) is 10.7. The average Bonchev–Trinajstić information content (AvgIpc) is 2.80. The molecule has 13 heteroatoms. The lowest BCUT2D eigenvalue weighted by atomic mass is 9.92. The Hall–Kier alpha value is -4.13. The Morgan fingerprint density at radius 2 is 1.67 bits per heavy atom. The number of rotatable bonds is 10. The zero-order chi connectivity index (χ0) is 27.0. The van der Waals surface area contributed by atoms with E-state index in [-0.39, 0.29) is 17.9 Å². The maximum atomic E-state index is 12.0. The predicted octanol–water partition coefficient (Wildman–Crippen LogP) is -0.0853. The number of hydrogen-bond donors (Lipinski definition) is 3. The number of carbonyl (C=O) groups excluding carboxylic acids is 4. The van der Waals surface area contributed by atoms with Gasteiger partial charge in [-0.25, -0.2) is 9.59 Å². The Bertz CT molecular complexity index is 1020. The summed E-state index contributed by atoms with van der Waals surface area (Å²) in [6.45, 7) is 3.05. The Kier molecular flexibility index (Phi) is 9.79. The fraction of sp³-hybridized carbons (Fsp3) is 0.435. The zero-order valence-corrected chi connectivity index (χ0v) is 20.1. The van der Waals surface area contributed by atoms with Crippen molar-refractivity contribution in [2.45, 2.75) is 51.2 Å². The van der Waals surface area contributed by atoms with E-state index in [4.69, 9.17) is 24.7 Å². The SMILES string of the molecule is COC(=O)c1ccc(OC[C@@H](OC(C)=O)[C@@H](OC(C)=O)[C@@H]2OC(C(=O)O)=C[C@H](N)[C@H]2NC(C)=O)cc1. The molecule has 0 saturated carbocycles. The standard InChI is InChI=1S/C23H28N2O11/c1-11(26)25-19-16(24)9-17(22(29)30)36-21(19)20(35-13(3)28)18(34-12(2)27)10-33-15-7-5-14(6-8-15)23(31)32-4/h5-9,16,18-21H,10,24H2,1-4H3,(H,25,26)(H,29,30)/t16-,18+,19+,20+,21+/m0/s1. The van der Waals surface area contributed by atoms with Gasteiger partial charge < -0.3 is 39.8 Å². The largest absolute Gasteiger partial charge is 0.490 e. The van der Waals surface area contributed by atoms with Gasteiger partial charge in [-0.1, -0.05) is 0 Å². The average molecular weight is 508 g/mol. The van der Waals surface area contributed by atoms with Gasteiger partial charge in [0.1, 0.15) is 12.4 Å². The summed E-state index contributed by atoms with van der Waals surface area (Å²) in [5.41, 5.74) is 6.35. The van der Waals surface area contributed by atoms with E-state index in [0.717, 1.165) is 19.9 Å². The van der Waals surface area contributed by atoms with Gasteiger partial charge in [0, 0.05) is 20.8 Å². The molecule has 1 heterocycles. The van der Waals surface area contributed by atoms with Crippen molar-refractivity contribution >= 4 is 29.8 Å². The van der Waals surface area contributed by atoms with E-state index in [9.17, 15) is 29.1 Å². The van der Waals surface area contributed by atoms with Crippen LogP contribution in [0.2, 0.25) is 0 Å². The molecule has 5 atom stereocenters. The van der Waals surface area contributed by atoms with E-state index < -0.39 is 65.9 Å². The quantitative estimate of drug-likeness (QED) is 0.282. The van der Waals surface area contributed by atoms with Gasteiger partial charge in [-0.05, 0) is 30.3 Å². The normalized spacial score (nSPS) is 20.5. The third-order valence-electron chi connectivity index (χ3n) is 4.96. The molecule has 36 heavy (non-hydrogen) atoms. The van der Waals surface area contributed by atoms with Gasteiger partial charge >= 0.3 is 23.9 Å². The van der Waals surface area contributed by atoms with Gasteiger partial charge in [0.2, 0.25) is 11.7 Å². The van der Waals surface area contributed by atoms with Crippen LogP contribution in [0, 0.1) is 0 Å². The summed E-state index contributed by atoms with van der Waals surface area (Å²) < 4.78 is 26.6. The molecular formula is C23H28N2O11. The van der Waals surface area contributed by atoms with Gasteiger partial charge in [-0.2, -0.15) is 0 Å². The van der Waals surface area contributed by atoms with Crippen molar-refractivity contribution in [1.29, 1.82) is 0 Å². The number of carboxylic acids is 1. The molecule has 1 aliphatic heterocycles. The maximum absolute atomic E-state index is 12.0. The topological polar surface area (TPSA) is 190 Å². The minimum absolute atomic E-state index is 0.271. The van der Waals surface area contributed by atoms with Gasteiger partial charge in [-0.15, -0.1) is 0 Å². The van der Waals surface area contributed by atoms with Crippen molar-refractivity contribution in [3.63, 3.8) is 0 Å². The molecule has 196 valence electrons. The highest BCUT2D eigenvalue weighted by Gasteiger charge is 2.46. The summed E-state index contributed by atoms with van der Waals surface area (Å²) in [7, 11) is 1.24. The third-order valence-corrected chi connectivity index (χ3v) is 4.96. The summed E-state index contributed by atoms with van der Waals surface area (Å²) in [6, 6.07) is 3.75. The number of methoxy groups -OCH3 is 1. The zero-order valence-electron chi connectivity index (χ0n) is 20.1. The van der Waals surface area contributed by atoms with E-state index in [1.807, 2.05) is 0 Å². The molecule has 0 radical (unpaired) electrons. The summed E-state index contributed by atoms with van der Waals surface area (Å²) in [5.74, 6) is -4.32. The number of hydrogen-bond acceptors (Lipinski definition) is 11. The van der Waals surface area contributed by atoms with E-state index in [1.54, 1.807) is 0 Å². The minimum Gasteiger partial charge on any atom is -0.490 e. The number of esters is 3. The second-order valence-corrected chi connectivity index (χ2v) is 7.77. The lowest BCUT2D eigenvalue weighted by Gasteiger charge is -2.40. The van der Waals surface area contributed by atoms with Gasteiger partial charge in [-0.3, -0.25) is 14.4 Å². The third kappa shape index (κ3) is 7.70. The summed E-state index contributed by atoms with van der Waals surface area (Å²) in [6.07, 6.45) is -3.01. The molecule has 1 aromatic rings. The molecule has 0 aromatic heterocycles. The van der Waals surface area contributed by atoms with Crippen molar-refractivity contribution in [2.24, 2.45) is 5.73 Å². The number of benzene rings is 1. The number of amides is 1. The number of carbonyl (C=O) groups is 5. The van der Waals surface area contributed by atoms with Gasteiger partial charge in [0.05, 0.1) is 24.8 Å². The van der Waals surface area contributed by atoms with Crippen LogP contribution in [0.4, 0.5) is 0 Å². The first-order valence-corrected chi connectivity index (χ1v) is 10.7. The smallest absolute Gasteiger partial charge is 0.370 e.